The summed E-state index contributed by atoms with van der Waals surface area (Å²) in [5.74, 6) is 0.523. The molecule has 5 nitrogen and oxygen atoms in total. The van der Waals surface area contributed by atoms with Crippen molar-refractivity contribution in [1.29, 1.82) is 0 Å². The number of thiocarbonyl (C=S) groups is 1. The van der Waals surface area contributed by atoms with E-state index in [1.807, 2.05) is 6.07 Å². The molecule has 0 bridgehead atoms. The van der Waals surface area contributed by atoms with Crippen LogP contribution in [-0.2, 0) is 14.6 Å². The Bertz CT molecular complexity index is 695. The lowest BCUT2D eigenvalue weighted by Gasteiger charge is -2.48. The average Bonchev–Trinajstić information content (AvgIpc) is 2.99. The zero-order valence-corrected chi connectivity index (χ0v) is 14.5. The van der Waals surface area contributed by atoms with Crippen LogP contribution in [0.1, 0.15) is 6.42 Å². The van der Waals surface area contributed by atoms with Gasteiger partial charge in [0.1, 0.15) is 0 Å². The van der Waals surface area contributed by atoms with Gasteiger partial charge in [0.25, 0.3) is 0 Å². The van der Waals surface area contributed by atoms with Crippen LogP contribution < -0.4 is 0 Å². The van der Waals surface area contributed by atoms with Crippen LogP contribution in [0.5, 0.6) is 0 Å². The molecule has 2 heterocycles. The maximum atomic E-state index is 12.7. The lowest BCUT2D eigenvalue weighted by Crippen LogP contribution is -2.65. The Balaban J connectivity index is 1.73. The summed E-state index contributed by atoms with van der Waals surface area (Å²) >= 11 is 4.62. The molecule has 0 aromatic heterocycles. The molecule has 2 fully saturated rings. The van der Waals surface area contributed by atoms with Crippen LogP contribution in [-0.4, -0.2) is 62.6 Å². The second kappa shape index (κ2) is 6.79. The molecule has 124 valence electrons. The molecule has 2 aliphatic rings. The molecule has 2 saturated heterocycles. The van der Waals surface area contributed by atoms with Crippen molar-refractivity contribution in [3.63, 3.8) is 0 Å². The molecule has 2 aliphatic heterocycles. The Kier molecular flexibility index (Phi) is 4.94. The van der Waals surface area contributed by atoms with Crippen molar-refractivity contribution in [3.05, 3.63) is 30.3 Å². The second-order valence-electron chi connectivity index (χ2n) is 6.32. The minimum absolute atomic E-state index is 0.104. The van der Waals surface area contributed by atoms with Crippen LogP contribution in [0.3, 0.4) is 0 Å². The number of nitrogens with zero attached hydrogens (tertiary/aromatic N) is 2. The van der Waals surface area contributed by atoms with E-state index in [0.29, 0.717) is 30.6 Å². The zero-order valence-electron chi connectivity index (χ0n) is 12.8. The van der Waals surface area contributed by atoms with Crippen LogP contribution in [0.25, 0.3) is 0 Å². The van der Waals surface area contributed by atoms with E-state index in [1.54, 1.807) is 24.3 Å². The van der Waals surface area contributed by atoms with Gasteiger partial charge in [0.2, 0.25) is 0 Å². The molecule has 23 heavy (non-hydrogen) atoms. The topological polar surface area (TPSA) is 59.0 Å². The summed E-state index contributed by atoms with van der Waals surface area (Å²) < 4.78 is 30.8. The lowest BCUT2D eigenvalue weighted by atomic mass is 9.98. The predicted octanol–water partition coefficient (Wildman–Crippen LogP) is 1.65. The molecule has 3 rings (SSSR count). The third-order valence-corrected chi connectivity index (χ3v) is 6.71. The van der Waals surface area contributed by atoms with Crippen LogP contribution in [0.2, 0.25) is 0 Å². The maximum Gasteiger partial charge on any atom is 0.180 e. The fourth-order valence-electron chi connectivity index (χ4n) is 3.34. The van der Waals surface area contributed by atoms with Gasteiger partial charge in [0, 0.05) is 6.54 Å². The quantitative estimate of drug-likeness (QED) is 0.576. The van der Waals surface area contributed by atoms with Crippen molar-refractivity contribution in [2.75, 3.05) is 38.6 Å². The van der Waals surface area contributed by atoms with Gasteiger partial charge in [0.05, 0.1) is 41.1 Å². The molecular formula is C16H20N2O3S2. The van der Waals surface area contributed by atoms with Gasteiger partial charge in [-0.3, -0.25) is 4.90 Å². The first-order valence-corrected chi connectivity index (χ1v) is 9.76. The molecule has 7 heteroatoms. The molecular weight excluding hydrogens is 332 g/mol. The van der Waals surface area contributed by atoms with Crippen LogP contribution in [0, 0.1) is 5.92 Å². The smallest absolute Gasteiger partial charge is 0.180 e. The Hall–Kier alpha value is -1.11. The Labute approximate surface area is 142 Å². The van der Waals surface area contributed by atoms with Crippen molar-refractivity contribution in [3.8, 4) is 0 Å². The highest BCUT2D eigenvalue weighted by Crippen LogP contribution is 2.33. The van der Waals surface area contributed by atoms with E-state index in [4.69, 9.17) is 4.74 Å². The fourth-order valence-corrected chi connectivity index (χ4v) is 5.21. The molecule has 0 radical (unpaired) electrons. The van der Waals surface area contributed by atoms with Gasteiger partial charge in [0.15, 0.2) is 9.84 Å². The van der Waals surface area contributed by atoms with Gasteiger partial charge in [-0.05, 0) is 43.2 Å². The first-order valence-electron chi connectivity index (χ1n) is 7.70. The summed E-state index contributed by atoms with van der Waals surface area (Å²) in [5, 5.41) is 2.41. The third kappa shape index (κ3) is 3.54. The van der Waals surface area contributed by atoms with Crippen LogP contribution in [0.15, 0.2) is 40.2 Å². The summed E-state index contributed by atoms with van der Waals surface area (Å²) in [4.78, 5) is 6.67. The maximum absolute atomic E-state index is 12.7. The highest BCUT2D eigenvalue weighted by Gasteiger charge is 2.49. The number of hydrogen-bond acceptors (Lipinski definition) is 6. The van der Waals surface area contributed by atoms with Crippen molar-refractivity contribution < 1.29 is 13.2 Å². The van der Waals surface area contributed by atoms with Crippen molar-refractivity contribution in [2.45, 2.75) is 16.9 Å². The fraction of sp³-hybridized carbons (Fsp3) is 0.562. The first kappa shape index (κ1) is 16.7. The number of likely N-dealkylation sites (tertiary alicyclic amines) is 1. The number of rotatable bonds is 6. The predicted molar refractivity (Wildman–Crippen MR) is 91.6 cm³/mol. The van der Waals surface area contributed by atoms with E-state index in [0.717, 1.165) is 19.5 Å². The monoisotopic (exact) mass is 352 g/mol. The number of hydrogen-bond donors (Lipinski definition) is 0. The molecule has 0 spiro atoms. The summed E-state index contributed by atoms with van der Waals surface area (Å²) in [6.45, 7) is 3.34. The van der Waals surface area contributed by atoms with Gasteiger partial charge < -0.3 is 4.74 Å². The number of ether oxygens (including phenoxy) is 1. The van der Waals surface area contributed by atoms with E-state index < -0.39 is 15.4 Å². The number of sulfone groups is 1. The molecule has 1 atom stereocenters. The number of benzene rings is 1. The van der Waals surface area contributed by atoms with Gasteiger partial charge in [-0.1, -0.05) is 18.2 Å². The molecule has 0 amide bonds. The Morgan fingerprint density at radius 2 is 2.09 bits per heavy atom. The number of aliphatic imine (C=N–C) groups is 1. The SMILES string of the molecule is O=S(=O)(CC1(N2CCC(CN=C=S)C2)COC1)c1ccccc1. The van der Waals surface area contributed by atoms with Gasteiger partial charge >= 0.3 is 0 Å². The van der Waals surface area contributed by atoms with E-state index >= 15 is 0 Å². The molecule has 0 aliphatic carbocycles. The lowest BCUT2D eigenvalue weighted by molar-refractivity contribution is -0.121. The first-order chi connectivity index (χ1) is 11.1. The zero-order chi connectivity index (χ0) is 16.3. The Morgan fingerprint density at radius 3 is 2.70 bits per heavy atom. The normalized spacial score (nSPS) is 23.9. The van der Waals surface area contributed by atoms with Crippen molar-refractivity contribution >= 4 is 27.2 Å². The summed E-state index contributed by atoms with van der Waals surface area (Å²) in [7, 11) is -3.32. The van der Waals surface area contributed by atoms with Gasteiger partial charge in [-0.2, -0.15) is 0 Å². The standard InChI is InChI=1S/C16H20N2O3S2/c19-23(20,15-4-2-1-3-5-15)12-16(10-21-11-16)18-7-6-14(9-18)8-17-13-22/h1-5,14H,6-12H2. The van der Waals surface area contributed by atoms with Crippen molar-refractivity contribution in [2.24, 2.45) is 10.9 Å². The highest BCUT2D eigenvalue weighted by molar-refractivity contribution is 7.91. The summed E-state index contributed by atoms with van der Waals surface area (Å²) in [6.07, 6.45) is 1.01. The Morgan fingerprint density at radius 1 is 1.35 bits per heavy atom. The van der Waals surface area contributed by atoms with E-state index in [9.17, 15) is 8.42 Å². The minimum Gasteiger partial charge on any atom is -0.377 e. The largest absolute Gasteiger partial charge is 0.377 e. The molecule has 0 N–H and O–H groups in total. The second-order valence-corrected chi connectivity index (χ2v) is 8.49. The van der Waals surface area contributed by atoms with Crippen molar-refractivity contribution in [1.82, 2.24) is 4.90 Å². The average molecular weight is 352 g/mol. The highest BCUT2D eigenvalue weighted by atomic mass is 32.2. The van der Waals surface area contributed by atoms with Crippen LogP contribution in [0.4, 0.5) is 0 Å². The van der Waals surface area contributed by atoms with Gasteiger partial charge in [-0.25, -0.2) is 13.4 Å². The van der Waals surface area contributed by atoms with E-state index in [2.05, 4.69) is 27.3 Å². The van der Waals surface area contributed by atoms with Gasteiger partial charge in [-0.15, -0.1) is 0 Å². The third-order valence-electron chi connectivity index (χ3n) is 4.67. The minimum atomic E-state index is -3.32. The van der Waals surface area contributed by atoms with E-state index in [-0.39, 0.29) is 5.75 Å². The molecule has 0 saturated carbocycles. The summed E-state index contributed by atoms with van der Waals surface area (Å²) in [6, 6.07) is 8.65. The molecule has 1 aromatic rings. The van der Waals surface area contributed by atoms with E-state index in [1.165, 1.54) is 0 Å². The summed E-state index contributed by atoms with van der Waals surface area (Å²) in [5.41, 5.74) is -0.398. The van der Waals surface area contributed by atoms with Crippen LogP contribution >= 0.6 is 12.2 Å². The molecule has 1 unspecified atom stereocenters. The number of isothiocyanates is 1. The molecule has 1 aromatic carbocycles.